The number of hydrogen-bond donors (Lipinski definition) is 0. The fourth-order valence-electron chi connectivity index (χ4n) is 8.55. The summed E-state index contributed by atoms with van der Waals surface area (Å²) in [5.41, 5.74) is 12.2. The van der Waals surface area contributed by atoms with Crippen LogP contribution in [0.4, 0.5) is 17.1 Å². The van der Waals surface area contributed by atoms with Gasteiger partial charge in [-0.25, -0.2) is 0 Å². The molecule has 2 heteroatoms. The maximum atomic E-state index is 6.67. The minimum atomic E-state index is 0.868. The average molecular weight is 714 g/mol. The van der Waals surface area contributed by atoms with E-state index >= 15 is 0 Å². The van der Waals surface area contributed by atoms with Crippen molar-refractivity contribution in [3.8, 4) is 33.4 Å². The lowest BCUT2D eigenvalue weighted by Gasteiger charge is -2.26. The topological polar surface area (TPSA) is 16.4 Å². The molecule has 262 valence electrons. The summed E-state index contributed by atoms with van der Waals surface area (Å²) in [5.74, 6) is 0. The van der Waals surface area contributed by atoms with E-state index in [-0.39, 0.29) is 0 Å². The molecule has 56 heavy (non-hydrogen) atoms. The molecule has 0 saturated carbocycles. The van der Waals surface area contributed by atoms with Crippen LogP contribution in [0.15, 0.2) is 217 Å². The lowest BCUT2D eigenvalue weighted by molar-refractivity contribution is 0.672. The second-order valence-corrected chi connectivity index (χ2v) is 14.5. The van der Waals surface area contributed by atoms with Crippen molar-refractivity contribution >= 4 is 71.3 Å². The van der Waals surface area contributed by atoms with E-state index in [9.17, 15) is 0 Å². The van der Waals surface area contributed by atoms with Crippen molar-refractivity contribution in [3.63, 3.8) is 0 Å². The molecule has 0 fully saturated rings. The van der Waals surface area contributed by atoms with Gasteiger partial charge in [-0.05, 0) is 109 Å². The third-order valence-electron chi connectivity index (χ3n) is 11.3. The number of rotatable bonds is 6. The highest BCUT2D eigenvalue weighted by Crippen LogP contribution is 2.43. The fourth-order valence-corrected chi connectivity index (χ4v) is 8.55. The Hall–Kier alpha value is -7.42. The van der Waals surface area contributed by atoms with Crippen LogP contribution >= 0.6 is 0 Å². The van der Waals surface area contributed by atoms with Crippen LogP contribution in [0, 0.1) is 0 Å². The molecule has 0 saturated heterocycles. The predicted molar refractivity (Wildman–Crippen MR) is 237 cm³/mol. The van der Waals surface area contributed by atoms with E-state index < -0.39 is 0 Å². The van der Waals surface area contributed by atoms with Crippen LogP contribution in [-0.2, 0) is 0 Å². The first kappa shape index (κ1) is 32.0. The Morgan fingerprint density at radius 2 is 0.839 bits per heavy atom. The Balaban J connectivity index is 1.04. The first-order valence-corrected chi connectivity index (χ1v) is 19.2. The predicted octanol–water partition coefficient (Wildman–Crippen LogP) is 15.5. The van der Waals surface area contributed by atoms with Gasteiger partial charge in [0.2, 0.25) is 0 Å². The zero-order valence-electron chi connectivity index (χ0n) is 30.6. The lowest BCUT2D eigenvalue weighted by Crippen LogP contribution is -2.09. The molecule has 0 aliphatic rings. The number of nitrogens with zero attached hydrogens (tertiary/aromatic N) is 1. The van der Waals surface area contributed by atoms with Gasteiger partial charge in [0, 0.05) is 39.3 Å². The summed E-state index contributed by atoms with van der Waals surface area (Å²) in [7, 11) is 0. The van der Waals surface area contributed by atoms with Crippen LogP contribution in [0.25, 0.3) is 87.6 Å². The van der Waals surface area contributed by atoms with Gasteiger partial charge in [0.05, 0.1) is 0 Å². The van der Waals surface area contributed by atoms with Crippen LogP contribution in [0.3, 0.4) is 0 Å². The van der Waals surface area contributed by atoms with Gasteiger partial charge in [-0.1, -0.05) is 158 Å². The van der Waals surface area contributed by atoms with E-state index in [4.69, 9.17) is 4.42 Å². The Labute approximate surface area is 325 Å². The molecule has 11 aromatic rings. The highest BCUT2D eigenvalue weighted by Gasteiger charge is 2.18. The molecule has 0 N–H and O–H groups in total. The highest BCUT2D eigenvalue weighted by atomic mass is 16.3. The number of furan rings is 1. The van der Waals surface area contributed by atoms with Gasteiger partial charge < -0.3 is 9.32 Å². The molecule has 0 aliphatic heterocycles. The first-order valence-electron chi connectivity index (χ1n) is 19.2. The Morgan fingerprint density at radius 3 is 1.61 bits per heavy atom. The monoisotopic (exact) mass is 713 g/mol. The molecular formula is C54H35NO. The van der Waals surface area contributed by atoms with Gasteiger partial charge in [-0.2, -0.15) is 0 Å². The van der Waals surface area contributed by atoms with Crippen LogP contribution in [0.1, 0.15) is 0 Å². The zero-order chi connectivity index (χ0) is 37.0. The van der Waals surface area contributed by atoms with E-state index in [0.29, 0.717) is 0 Å². The molecule has 0 bridgehead atoms. The Morgan fingerprint density at radius 1 is 0.286 bits per heavy atom. The third-order valence-corrected chi connectivity index (χ3v) is 11.3. The van der Waals surface area contributed by atoms with Crippen molar-refractivity contribution < 1.29 is 4.42 Å². The molecule has 10 aromatic carbocycles. The van der Waals surface area contributed by atoms with Crippen LogP contribution in [0.5, 0.6) is 0 Å². The summed E-state index contributed by atoms with van der Waals surface area (Å²) >= 11 is 0. The lowest BCUT2D eigenvalue weighted by atomic mass is 9.89. The third kappa shape index (κ3) is 5.34. The summed E-state index contributed by atoms with van der Waals surface area (Å²) in [4.78, 5) is 2.33. The molecule has 11 rings (SSSR count). The molecule has 0 spiro atoms. The van der Waals surface area contributed by atoms with E-state index in [1.165, 1.54) is 60.3 Å². The summed E-state index contributed by atoms with van der Waals surface area (Å²) in [6.07, 6.45) is 0. The molecule has 0 amide bonds. The number of anilines is 3. The van der Waals surface area contributed by atoms with Gasteiger partial charge in [-0.15, -0.1) is 0 Å². The largest absolute Gasteiger partial charge is 0.455 e. The first-order chi connectivity index (χ1) is 27.8. The normalized spacial score (nSPS) is 11.6. The van der Waals surface area contributed by atoms with E-state index in [1.807, 2.05) is 0 Å². The summed E-state index contributed by atoms with van der Waals surface area (Å²) < 4.78 is 6.67. The quantitative estimate of drug-likeness (QED) is 0.160. The van der Waals surface area contributed by atoms with Gasteiger partial charge in [0.25, 0.3) is 0 Å². The molecule has 2 nitrogen and oxygen atoms in total. The van der Waals surface area contributed by atoms with Gasteiger partial charge in [0.15, 0.2) is 0 Å². The van der Waals surface area contributed by atoms with Crippen molar-refractivity contribution in [2.45, 2.75) is 0 Å². The fraction of sp³-hybridized carbons (Fsp3) is 0. The SMILES string of the molecule is c1ccc(-c2ccc(N(c3ccc(-c4ccccc4-c4cc5ccccc5c5ccccc45)cc3)c3ccc4c(c3)oc3c5ccccc5ccc43)cc2)cc1. The number of fused-ring (bicyclic) bond motifs is 8. The number of hydrogen-bond acceptors (Lipinski definition) is 2. The highest BCUT2D eigenvalue weighted by molar-refractivity contribution is 6.16. The maximum Gasteiger partial charge on any atom is 0.143 e. The second kappa shape index (κ2) is 13.2. The van der Waals surface area contributed by atoms with E-state index in [1.54, 1.807) is 0 Å². The Kier molecular flexibility index (Phi) is 7.53. The summed E-state index contributed by atoms with van der Waals surface area (Å²) in [6, 6.07) is 76.4. The van der Waals surface area contributed by atoms with Crippen LogP contribution in [0.2, 0.25) is 0 Å². The number of benzene rings is 10. The molecular weight excluding hydrogens is 679 g/mol. The van der Waals surface area contributed by atoms with Crippen molar-refractivity contribution in [3.05, 3.63) is 212 Å². The molecule has 0 radical (unpaired) electrons. The van der Waals surface area contributed by atoms with Gasteiger partial charge >= 0.3 is 0 Å². The second-order valence-electron chi connectivity index (χ2n) is 14.5. The minimum absolute atomic E-state index is 0.868. The van der Waals surface area contributed by atoms with Crippen molar-refractivity contribution in [1.29, 1.82) is 0 Å². The smallest absolute Gasteiger partial charge is 0.143 e. The summed E-state index contributed by atoms with van der Waals surface area (Å²) in [6.45, 7) is 0. The molecule has 1 heterocycles. The van der Waals surface area contributed by atoms with Gasteiger partial charge in [0.1, 0.15) is 11.2 Å². The minimum Gasteiger partial charge on any atom is -0.455 e. The van der Waals surface area contributed by atoms with Crippen molar-refractivity contribution in [2.24, 2.45) is 0 Å². The van der Waals surface area contributed by atoms with Crippen molar-refractivity contribution in [1.82, 2.24) is 0 Å². The van der Waals surface area contributed by atoms with Crippen LogP contribution < -0.4 is 4.90 Å². The standard InChI is InChI=1S/C54H35NO/c1-2-12-36(13-3-1)37-22-27-41(28-23-37)55(43-31-33-50-51-32-26-38-14-4-7-18-46(38)54(51)56-53(50)35-43)42-29-24-39(25-30-42)44-16-8-9-20-48(44)52-34-40-15-5-6-17-45(40)47-19-10-11-21-49(47)52/h1-35H. The van der Waals surface area contributed by atoms with E-state index in [0.717, 1.165) is 44.4 Å². The van der Waals surface area contributed by atoms with Gasteiger partial charge in [-0.3, -0.25) is 0 Å². The maximum absolute atomic E-state index is 6.67. The molecule has 0 aliphatic carbocycles. The van der Waals surface area contributed by atoms with Crippen molar-refractivity contribution in [2.75, 3.05) is 4.90 Å². The molecule has 0 unspecified atom stereocenters. The Bertz CT molecular complexity index is 3230. The average Bonchev–Trinajstić information content (AvgIpc) is 3.66. The summed E-state index contributed by atoms with van der Waals surface area (Å²) in [5, 5.41) is 9.60. The molecule has 1 aromatic heterocycles. The molecule has 0 atom stereocenters. The van der Waals surface area contributed by atoms with E-state index in [2.05, 4.69) is 217 Å². The zero-order valence-corrected chi connectivity index (χ0v) is 30.6. The van der Waals surface area contributed by atoms with Crippen LogP contribution in [-0.4, -0.2) is 0 Å².